The molecule has 0 heterocycles. The first-order valence-electron chi connectivity index (χ1n) is 36.4. The fourth-order valence-corrected chi connectivity index (χ4v) is 22.4. The molecule has 0 fully saturated rings. The van der Waals surface area contributed by atoms with E-state index in [0.29, 0.717) is 135 Å². The van der Waals surface area contributed by atoms with Gasteiger partial charge in [-0.2, -0.15) is 0 Å². The molecule has 0 aromatic heterocycles. The number of halogens is 8. The van der Waals surface area contributed by atoms with Gasteiger partial charge in [0.05, 0.1) is 61.4 Å². The lowest BCUT2D eigenvalue weighted by molar-refractivity contribution is -0.968. The molecule has 0 aliphatic rings. The van der Waals surface area contributed by atoms with Gasteiger partial charge in [0.25, 0.3) is 0 Å². The summed E-state index contributed by atoms with van der Waals surface area (Å²) in [6.07, 6.45) is 2.84. The number of unbranched alkanes of at least 4 members (excludes halogenated alkanes) is 35. The molecular formula is C62H128ClF7N8O14S7. The summed E-state index contributed by atoms with van der Waals surface area (Å²) in [5.74, 6) is -27.0. The number of rotatable bonds is 66. The highest BCUT2D eigenvalue weighted by molar-refractivity contribution is 7.91. The second kappa shape index (κ2) is 49.2. The molecule has 598 valence electrons. The minimum absolute atomic E-state index is 0. The third-order valence-corrected chi connectivity index (χ3v) is 28.5. The monoisotopic (exact) mass is 1600 g/mol. The summed E-state index contributed by atoms with van der Waals surface area (Å²) in [7, 11) is -48.6. The molecule has 0 saturated carbocycles. The predicted molar refractivity (Wildman–Crippen MR) is 377 cm³/mol. The van der Waals surface area contributed by atoms with Crippen molar-refractivity contribution in [3.8, 4) is 0 Å². The van der Waals surface area contributed by atoms with Gasteiger partial charge >= 0.3 is 17.2 Å². The summed E-state index contributed by atoms with van der Waals surface area (Å²) in [6.45, 7) is 12.6. The van der Waals surface area contributed by atoms with E-state index in [1.807, 2.05) is 13.8 Å². The Morgan fingerprint density at radius 3 is 0.505 bits per heavy atom. The van der Waals surface area contributed by atoms with Crippen LogP contribution in [0.25, 0.3) is 0 Å². The first-order chi connectivity index (χ1) is 45.8. The van der Waals surface area contributed by atoms with Crippen molar-refractivity contribution in [1.82, 2.24) is 31.7 Å². The molecule has 0 spiro atoms. The fourth-order valence-electron chi connectivity index (χ4n) is 11.9. The Bertz CT molecular complexity index is 2780. The van der Waals surface area contributed by atoms with Crippen molar-refractivity contribution in [3.63, 3.8) is 0 Å². The van der Waals surface area contributed by atoms with Gasteiger partial charge in [0.1, 0.15) is 0 Å². The van der Waals surface area contributed by atoms with Crippen LogP contribution in [0.15, 0.2) is 0 Å². The topological polar surface area (TPSA) is 262 Å². The lowest BCUT2D eigenvalue weighted by Gasteiger charge is -2.63. The number of sulfonamides is 7. The molecule has 0 radical (unpaired) electrons. The SMILES string of the molecule is CCCCCCCCS(=O)(=O)N(F)C(N(F)S(=O)(=O)CCCCCCCC)(N(F)S(=O)(=O)CCCCCCCC)C(N(F)S(=O)(=O)CCCCCCCC)(N(F)S(=O)(=O)CCCCCCCC)C(N(F)S(=O)(=O)CCCCCCCC)(N(F)S(=O)(=O)CCCCCCCC)[N+](C)(C)C.[Cl-]. The van der Waals surface area contributed by atoms with E-state index in [-0.39, 0.29) is 123 Å². The fraction of sp³-hybridized carbons (Fsp3) is 1.00. The Kier molecular flexibility index (Phi) is 49.7. The first kappa shape index (κ1) is 100. The van der Waals surface area contributed by atoms with Crippen molar-refractivity contribution >= 4 is 70.2 Å². The highest BCUT2D eigenvalue weighted by atomic mass is 35.5. The van der Waals surface area contributed by atoms with Gasteiger partial charge in [-0.05, 0) is 44.9 Å². The largest absolute Gasteiger partial charge is 1.00 e. The van der Waals surface area contributed by atoms with E-state index in [1.54, 1.807) is 34.6 Å². The van der Waals surface area contributed by atoms with Crippen LogP contribution >= 0.6 is 0 Å². The maximum absolute atomic E-state index is 20.6. The summed E-state index contributed by atoms with van der Waals surface area (Å²) < 4.78 is 340. The molecular weight excluding hydrogens is 1470 g/mol. The van der Waals surface area contributed by atoms with Crippen LogP contribution in [-0.2, 0) is 70.2 Å². The Morgan fingerprint density at radius 1 is 0.222 bits per heavy atom. The predicted octanol–water partition coefficient (Wildman–Crippen LogP) is 12.8. The van der Waals surface area contributed by atoms with E-state index in [9.17, 15) is 0 Å². The molecule has 0 aromatic rings. The summed E-state index contributed by atoms with van der Waals surface area (Å²) >= 11 is 0. The van der Waals surface area contributed by atoms with E-state index < -0.39 is 209 Å². The smallest absolute Gasteiger partial charge is 0.341 e. The summed E-state index contributed by atoms with van der Waals surface area (Å²) in [4.78, 5) is 0. The van der Waals surface area contributed by atoms with Crippen molar-refractivity contribution in [2.24, 2.45) is 0 Å². The van der Waals surface area contributed by atoms with Gasteiger partial charge in [0.15, 0.2) is 0 Å². The van der Waals surface area contributed by atoms with E-state index in [4.69, 9.17) is 0 Å². The van der Waals surface area contributed by atoms with E-state index in [2.05, 4.69) is 0 Å². The van der Waals surface area contributed by atoms with Gasteiger partial charge in [-0.15, -0.1) is 31.4 Å². The minimum atomic E-state index is -7.18. The first-order valence-corrected chi connectivity index (χ1v) is 47.7. The average molecular weight is 1600 g/mol. The molecule has 0 aromatic carbocycles. The van der Waals surface area contributed by atoms with Crippen LogP contribution in [0, 0.1) is 0 Å². The van der Waals surface area contributed by atoms with Crippen LogP contribution in [0.4, 0.5) is 31.4 Å². The number of hydrogen-bond donors (Lipinski definition) is 0. The lowest BCUT2D eigenvalue weighted by atomic mass is 9.92. The van der Waals surface area contributed by atoms with Crippen LogP contribution in [-0.4, -0.2) is 174 Å². The number of likely N-dealkylation sites (N-methyl/N-ethyl adjacent to an activating group) is 1. The third-order valence-electron chi connectivity index (χ3n) is 17.6. The second-order valence-electron chi connectivity index (χ2n) is 27.0. The van der Waals surface area contributed by atoms with Crippen molar-refractivity contribution in [2.45, 2.75) is 335 Å². The molecule has 0 rings (SSSR count). The molecule has 0 saturated heterocycles. The normalized spacial score (nSPS) is 14.0. The molecule has 99 heavy (non-hydrogen) atoms. The quantitative estimate of drug-likeness (QED) is 0.0180. The maximum Gasteiger partial charge on any atom is 0.341 e. The Morgan fingerprint density at radius 2 is 0.354 bits per heavy atom. The molecule has 0 amide bonds. The molecule has 0 aliphatic heterocycles. The van der Waals surface area contributed by atoms with Crippen LogP contribution in [0.3, 0.4) is 0 Å². The zero-order valence-electron chi connectivity index (χ0n) is 61.3. The molecule has 0 atom stereocenters. The van der Waals surface area contributed by atoms with Crippen LogP contribution in [0.2, 0.25) is 0 Å². The van der Waals surface area contributed by atoms with Gasteiger partial charge in [-0.3, -0.25) is 4.48 Å². The van der Waals surface area contributed by atoms with Crippen LogP contribution in [0.1, 0.15) is 318 Å². The standard InChI is InChI=1S/C62H128F7N8O14S7.ClH/c1-11-18-25-32-39-46-53-92(78,79)70(63)60(71(64)93(80,81)54-47-40-33-26-19-12-2,62(77(8,9)10,75(68)97(88,89)58-51-44-37-30-23-16-6)76(69)98(90,91)59-52-45-38-31-24-17-7)61(72(65)94(82,83)55-48-41-34-27-20-13-3,73(66)95(84,85)56-49-42-35-28-21-14-4)74(67)96(86,87)57-50-43-36-29-22-15-5;/h11-59H2,1-10H3;1H/q+1;/p-1. The van der Waals surface area contributed by atoms with Crippen molar-refractivity contribution in [3.05, 3.63) is 0 Å². The molecule has 0 bridgehead atoms. The second-order valence-corrected chi connectivity index (χ2v) is 40.3. The maximum atomic E-state index is 20.6. The summed E-state index contributed by atoms with van der Waals surface area (Å²) in [6, 6.07) is 0. The van der Waals surface area contributed by atoms with Crippen LogP contribution in [0.5, 0.6) is 0 Å². The number of hydrogen-bond acceptors (Lipinski definition) is 14. The third kappa shape index (κ3) is 29.3. The van der Waals surface area contributed by atoms with Gasteiger partial charge < -0.3 is 12.4 Å². The van der Waals surface area contributed by atoms with Crippen molar-refractivity contribution in [2.75, 3.05) is 61.4 Å². The average Bonchev–Trinajstić information content (AvgIpc) is 0.644. The molecule has 37 heteroatoms. The summed E-state index contributed by atoms with van der Waals surface area (Å²) in [5, 5.41) is 0. The van der Waals surface area contributed by atoms with Crippen molar-refractivity contribution < 1.29 is 107 Å². The lowest BCUT2D eigenvalue weighted by Crippen LogP contribution is -3.00. The van der Waals surface area contributed by atoms with Gasteiger partial charge in [-0.1, -0.05) is 273 Å². The van der Waals surface area contributed by atoms with E-state index in [1.165, 1.54) is 0 Å². The Hall–Kier alpha value is -0.870. The molecule has 0 aliphatic carbocycles. The van der Waals surface area contributed by atoms with Gasteiger partial charge in [0.2, 0.25) is 70.2 Å². The Balaban J connectivity index is 0. The Labute approximate surface area is 601 Å². The van der Waals surface area contributed by atoms with Crippen molar-refractivity contribution in [1.29, 1.82) is 0 Å². The van der Waals surface area contributed by atoms with E-state index in [0.717, 1.165) is 0 Å². The van der Waals surface area contributed by atoms with Crippen LogP contribution < -0.4 is 12.4 Å². The molecule has 0 N–H and O–H groups in total. The zero-order valence-corrected chi connectivity index (χ0v) is 67.8. The van der Waals surface area contributed by atoms with Gasteiger partial charge in [-0.25, -0.2) is 58.9 Å². The minimum Gasteiger partial charge on any atom is -1.00 e. The highest BCUT2D eigenvalue weighted by Crippen LogP contribution is 2.61. The highest BCUT2D eigenvalue weighted by Gasteiger charge is 2.96. The molecule has 22 nitrogen and oxygen atoms in total. The van der Waals surface area contributed by atoms with Gasteiger partial charge in [0, 0.05) is 31.7 Å². The van der Waals surface area contributed by atoms with E-state index >= 15 is 90.3 Å². The number of quaternary nitrogens is 1. The zero-order chi connectivity index (χ0) is 75.2. The molecule has 0 unspecified atom stereocenters. The summed E-state index contributed by atoms with van der Waals surface area (Å²) in [5.41, 5.74) is -7.18. The number of nitrogens with zero attached hydrogens (tertiary/aromatic N) is 8.